The van der Waals surface area contributed by atoms with E-state index in [0.717, 1.165) is 17.2 Å². The lowest BCUT2D eigenvalue weighted by Crippen LogP contribution is -2.32. The van der Waals surface area contributed by atoms with Crippen molar-refractivity contribution in [3.8, 4) is 11.4 Å². The van der Waals surface area contributed by atoms with Crippen molar-refractivity contribution in [3.63, 3.8) is 0 Å². The van der Waals surface area contributed by atoms with Crippen molar-refractivity contribution < 1.29 is 17.9 Å². The molecule has 1 aromatic heterocycles. The van der Waals surface area contributed by atoms with Crippen LogP contribution in [0.25, 0.3) is 11.4 Å². The van der Waals surface area contributed by atoms with Gasteiger partial charge >= 0.3 is 6.18 Å². The van der Waals surface area contributed by atoms with Gasteiger partial charge in [-0.15, -0.1) is 0 Å². The third kappa shape index (κ3) is 4.72. The van der Waals surface area contributed by atoms with Crippen molar-refractivity contribution in [2.45, 2.75) is 52.1 Å². The molecule has 0 amide bonds. The maximum Gasteiger partial charge on any atom is 0.417 e. The van der Waals surface area contributed by atoms with E-state index in [9.17, 15) is 18.0 Å². The number of hydrogen-bond acceptors (Lipinski definition) is 5. The number of rotatable bonds is 7. The Morgan fingerprint density at radius 3 is 2.53 bits per heavy atom. The first kappa shape index (κ1) is 25.8. The monoisotopic (exact) mass is 500 g/mol. The Morgan fingerprint density at radius 2 is 1.89 bits per heavy atom. The minimum atomic E-state index is -4.61. The van der Waals surface area contributed by atoms with Crippen molar-refractivity contribution in [2.24, 2.45) is 0 Å². The number of halogens is 3. The highest BCUT2D eigenvalue weighted by atomic mass is 19.4. The molecule has 1 N–H and O–H groups in total. The van der Waals surface area contributed by atoms with Gasteiger partial charge < -0.3 is 15.0 Å². The van der Waals surface area contributed by atoms with Gasteiger partial charge in [0.25, 0.3) is 5.56 Å². The molecule has 36 heavy (non-hydrogen) atoms. The lowest BCUT2D eigenvalue weighted by Gasteiger charge is -2.25. The number of ether oxygens (including phenoxy) is 1. The quantitative estimate of drug-likeness (QED) is 0.468. The van der Waals surface area contributed by atoms with E-state index in [1.54, 1.807) is 38.9 Å². The van der Waals surface area contributed by atoms with E-state index in [0.29, 0.717) is 24.4 Å². The number of nitrogens with one attached hydrogen (secondary N) is 1. The van der Waals surface area contributed by atoms with Crippen molar-refractivity contribution >= 4 is 11.4 Å². The molecule has 0 spiro atoms. The van der Waals surface area contributed by atoms with Crippen molar-refractivity contribution in [2.75, 3.05) is 30.9 Å². The molecule has 1 heterocycles. The van der Waals surface area contributed by atoms with Crippen LogP contribution in [0.15, 0.2) is 47.3 Å². The number of fused-ring (bicyclic) bond motifs is 1. The van der Waals surface area contributed by atoms with Crippen molar-refractivity contribution in [1.29, 1.82) is 0 Å². The first-order valence-corrected chi connectivity index (χ1v) is 12.0. The molecule has 3 aromatic rings. The zero-order valence-electron chi connectivity index (χ0n) is 21.1. The molecule has 0 saturated carbocycles. The third-order valence-corrected chi connectivity index (χ3v) is 6.60. The van der Waals surface area contributed by atoms with E-state index in [1.807, 2.05) is 31.2 Å². The molecule has 4 rings (SSSR count). The zero-order chi connectivity index (χ0) is 26.2. The summed E-state index contributed by atoms with van der Waals surface area (Å²) in [5.41, 5.74) is 1.83. The third-order valence-electron chi connectivity index (χ3n) is 6.60. The molecule has 0 aliphatic heterocycles. The van der Waals surface area contributed by atoms with Gasteiger partial charge in [-0.25, -0.2) is 4.98 Å². The molecule has 0 fully saturated rings. The second-order valence-corrected chi connectivity index (χ2v) is 9.09. The van der Waals surface area contributed by atoms with Crippen LogP contribution in [-0.4, -0.2) is 36.4 Å². The summed E-state index contributed by atoms with van der Waals surface area (Å²) in [6.07, 6.45) is -4.07. The molecule has 2 atom stereocenters. The standard InChI is InChI=1S/C27H31F3N4O2/c1-6-34-25(20-13-12-18(33(4)5)15-21(20)27(28,29)30)31-16(3)23(26(34)35)32-24-19-11-9-8-10-17(19)14-22(24)36-7-2/h8-13,15,22,24,32H,6-7,14H2,1-5H3/t22-,24?/m0/s1. The molecule has 192 valence electrons. The van der Waals surface area contributed by atoms with Gasteiger partial charge in [0.15, 0.2) is 0 Å². The summed E-state index contributed by atoms with van der Waals surface area (Å²) in [7, 11) is 3.35. The van der Waals surface area contributed by atoms with Crippen LogP contribution in [0, 0.1) is 6.92 Å². The van der Waals surface area contributed by atoms with Crippen LogP contribution in [0.5, 0.6) is 0 Å². The highest BCUT2D eigenvalue weighted by Gasteiger charge is 2.37. The van der Waals surface area contributed by atoms with E-state index >= 15 is 0 Å². The minimum Gasteiger partial charge on any atom is -0.378 e. The van der Waals surface area contributed by atoms with Gasteiger partial charge in [0.2, 0.25) is 0 Å². The summed E-state index contributed by atoms with van der Waals surface area (Å²) in [4.78, 5) is 19.8. The number of alkyl halides is 3. The van der Waals surface area contributed by atoms with Gasteiger partial charge in [-0.1, -0.05) is 24.3 Å². The molecule has 1 unspecified atom stereocenters. The van der Waals surface area contributed by atoms with E-state index in [4.69, 9.17) is 4.74 Å². The fraction of sp³-hybridized carbons (Fsp3) is 0.407. The van der Waals surface area contributed by atoms with Gasteiger partial charge in [-0.3, -0.25) is 9.36 Å². The van der Waals surface area contributed by atoms with E-state index in [-0.39, 0.29) is 35.8 Å². The number of aryl methyl sites for hydroxylation is 1. The topological polar surface area (TPSA) is 59.4 Å². The van der Waals surface area contributed by atoms with Crippen LogP contribution in [0.2, 0.25) is 0 Å². The van der Waals surface area contributed by atoms with Crippen LogP contribution in [0.3, 0.4) is 0 Å². The van der Waals surface area contributed by atoms with E-state index < -0.39 is 17.3 Å². The first-order chi connectivity index (χ1) is 17.1. The van der Waals surface area contributed by atoms with Gasteiger partial charge in [-0.05, 0) is 50.1 Å². The minimum absolute atomic E-state index is 0.00337. The Balaban J connectivity index is 1.83. The largest absolute Gasteiger partial charge is 0.417 e. The molecular weight excluding hydrogens is 469 g/mol. The highest BCUT2D eigenvalue weighted by Crippen LogP contribution is 2.39. The number of nitrogens with zero attached hydrogens (tertiary/aromatic N) is 3. The number of benzene rings is 2. The van der Waals surface area contributed by atoms with Crippen LogP contribution < -0.4 is 15.8 Å². The number of hydrogen-bond donors (Lipinski definition) is 1. The summed E-state index contributed by atoms with van der Waals surface area (Å²) in [6, 6.07) is 11.8. The summed E-state index contributed by atoms with van der Waals surface area (Å²) >= 11 is 0. The lowest BCUT2D eigenvalue weighted by atomic mass is 10.0. The molecule has 6 nitrogen and oxygen atoms in total. The fourth-order valence-corrected chi connectivity index (χ4v) is 4.82. The predicted octanol–water partition coefficient (Wildman–Crippen LogP) is 5.44. The summed E-state index contributed by atoms with van der Waals surface area (Å²) in [5.74, 6) is -0.00337. The summed E-state index contributed by atoms with van der Waals surface area (Å²) in [6.45, 7) is 5.98. The maximum atomic E-state index is 14.1. The Bertz CT molecular complexity index is 1320. The summed E-state index contributed by atoms with van der Waals surface area (Å²) in [5, 5.41) is 3.34. The highest BCUT2D eigenvalue weighted by molar-refractivity contribution is 5.68. The Kier molecular flexibility index (Phi) is 7.13. The van der Waals surface area contributed by atoms with Crippen LogP contribution in [0.4, 0.5) is 24.5 Å². The van der Waals surface area contributed by atoms with Gasteiger partial charge in [0.1, 0.15) is 11.5 Å². The second kappa shape index (κ2) is 9.97. The summed E-state index contributed by atoms with van der Waals surface area (Å²) < 4.78 is 49.4. The first-order valence-electron chi connectivity index (χ1n) is 12.0. The van der Waals surface area contributed by atoms with Crippen molar-refractivity contribution in [3.05, 3.63) is 75.2 Å². The molecule has 0 saturated heterocycles. The average Bonchev–Trinajstić information content (AvgIpc) is 3.17. The maximum absolute atomic E-state index is 14.1. The Morgan fingerprint density at radius 1 is 1.17 bits per heavy atom. The number of anilines is 2. The molecule has 1 aliphatic carbocycles. The predicted molar refractivity (Wildman–Crippen MR) is 136 cm³/mol. The van der Waals surface area contributed by atoms with Crippen LogP contribution >= 0.6 is 0 Å². The second-order valence-electron chi connectivity index (χ2n) is 9.09. The van der Waals surface area contributed by atoms with Crippen LogP contribution in [0.1, 0.15) is 42.3 Å². The SMILES string of the molecule is CCO[C@H]1Cc2ccccc2C1Nc1c(C)nc(-c2ccc(N(C)C)cc2C(F)(F)F)n(CC)c1=O. The van der Waals surface area contributed by atoms with E-state index in [2.05, 4.69) is 10.3 Å². The van der Waals surface area contributed by atoms with Crippen molar-refractivity contribution in [1.82, 2.24) is 9.55 Å². The number of aromatic nitrogens is 2. The molecule has 0 bridgehead atoms. The molecule has 2 aromatic carbocycles. The zero-order valence-corrected chi connectivity index (χ0v) is 21.1. The normalized spacial score (nSPS) is 17.2. The van der Waals surface area contributed by atoms with E-state index in [1.165, 1.54) is 10.6 Å². The molecule has 9 heteroatoms. The Hall–Kier alpha value is -3.33. The molecular formula is C27H31F3N4O2. The molecule has 1 aliphatic rings. The van der Waals surface area contributed by atoms with Gasteiger partial charge in [-0.2, -0.15) is 13.2 Å². The smallest absolute Gasteiger partial charge is 0.378 e. The Labute approximate surface area is 208 Å². The fourth-order valence-electron chi connectivity index (χ4n) is 4.82. The average molecular weight is 501 g/mol. The van der Waals surface area contributed by atoms with Gasteiger partial charge in [0, 0.05) is 44.9 Å². The molecule has 0 radical (unpaired) electrons. The van der Waals surface area contributed by atoms with Gasteiger partial charge in [0.05, 0.1) is 23.4 Å². The van der Waals surface area contributed by atoms with Crippen LogP contribution in [-0.2, 0) is 23.9 Å². The lowest BCUT2D eigenvalue weighted by molar-refractivity contribution is -0.137.